The highest BCUT2D eigenvalue weighted by Crippen LogP contribution is 2.19. The van der Waals surface area contributed by atoms with E-state index in [1.165, 1.54) is 12.1 Å². The fourth-order valence-corrected chi connectivity index (χ4v) is 3.37. The van der Waals surface area contributed by atoms with Gasteiger partial charge in [-0.3, -0.25) is 4.79 Å². The van der Waals surface area contributed by atoms with Crippen molar-refractivity contribution in [2.75, 3.05) is 16.8 Å². The van der Waals surface area contributed by atoms with Crippen LogP contribution in [0.15, 0.2) is 18.2 Å². The molecule has 0 saturated carbocycles. The van der Waals surface area contributed by atoms with E-state index in [1.54, 1.807) is 6.92 Å². The number of hydrogen-bond donors (Lipinski definition) is 2. The molecule has 1 aromatic carbocycles. The Kier molecular flexibility index (Phi) is 5.71. The van der Waals surface area contributed by atoms with Crippen molar-refractivity contribution in [2.24, 2.45) is 5.92 Å². The van der Waals surface area contributed by atoms with Gasteiger partial charge >= 0.3 is 0 Å². The normalized spacial score (nSPS) is 13.2. The second-order valence-electron chi connectivity index (χ2n) is 5.35. The molecule has 0 radical (unpaired) electrons. The summed E-state index contributed by atoms with van der Waals surface area (Å²) in [6.07, 6.45) is -0.157. The Labute approximate surface area is 124 Å². The predicted octanol–water partition coefficient (Wildman–Crippen LogP) is 2.20. The number of hydrogen-bond acceptors (Lipinski definition) is 4. The minimum atomic E-state index is -3.32. The van der Waals surface area contributed by atoms with E-state index in [0.717, 1.165) is 6.07 Å². The number of benzene rings is 1. The monoisotopic (exact) mass is 316 g/mol. The van der Waals surface area contributed by atoms with Crippen LogP contribution in [0.4, 0.5) is 15.8 Å². The van der Waals surface area contributed by atoms with E-state index >= 15 is 0 Å². The number of anilines is 2. The van der Waals surface area contributed by atoms with Crippen LogP contribution in [0.1, 0.15) is 27.2 Å². The first-order valence-corrected chi connectivity index (χ1v) is 8.41. The minimum absolute atomic E-state index is 0.00851. The average molecular weight is 316 g/mol. The Balaban J connectivity index is 2.63. The third-order valence-electron chi connectivity index (χ3n) is 3.41. The molecule has 1 aromatic rings. The summed E-state index contributed by atoms with van der Waals surface area (Å²) in [5.41, 5.74) is 5.94. The number of sulfone groups is 1. The van der Waals surface area contributed by atoms with Crippen LogP contribution in [0.25, 0.3) is 0 Å². The molecule has 5 nitrogen and oxygen atoms in total. The van der Waals surface area contributed by atoms with Gasteiger partial charge in [0.2, 0.25) is 5.91 Å². The highest BCUT2D eigenvalue weighted by Gasteiger charge is 2.24. The maximum absolute atomic E-state index is 12.9. The van der Waals surface area contributed by atoms with Crippen LogP contribution >= 0.6 is 0 Å². The number of rotatable bonds is 6. The molecule has 0 spiro atoms. The summed E-state index contributed by atoms with van der Waals surface area (Å²) in [5.74, 6) is -1.20. The van der Waals surface area contributed by atoms with E-state index in [4.69, 9.17) is 5.73 Å². The zero-order chi connectivity index (χ0) is 16.2. The van der Waals surface area contributed by atoms with E-state index in [0.29, 0.717) is 0 Å². The van der Waals surface area contributed by atoms with Gasteiger partial charge < -0.3 is 11.1 Å². The molecule has 0 bridgehead atoms. The smallest absolute Gasteiger partial charge is 0.225 e. The van der Waals surface area contributed by atoms with Gasteiger partial charge in [-0.2, -0.15) is 0 Å². The van der Waals surface area contributed by atoms with Crippen LogP contribution in [0.2, 0.25) is 0 Å². The van der Waals surface area contributed by atoms with Crippen LogP contribution in [0.3, 0.4) is 0 Å². The van der Waals surface area contributed by atoms with Gasteiger partial charge in [0, 0.05) is 6.42 Å². The topological polar surface area (TPSA) is 89.3 Å². The first kappa shape index (κ1) is 17.4. The molecule has 3 N–H and O–H groups in total. The number of nitrogen functional groups attached to an aromatic ring is 1. The van der Waals surface area contributed by atoms with E-state index in [2.05, 4.69) is 5.32 Å². The molecular formula is C14H21FN2O3S. The van der Waals surface area contributed by atoms with Gasteiger partial charge in [0.1, 0.15) is 5.82 Å². The lowest BCUT2D eigenvalue weighted by Crippen LogP contribution is -2.28. The highest BCUT2D eigenvalue weighted by atomic mass is 32.2. The number of nitrogens with two attached hydrogens (primary N) is 1. The number of carbonyl (C=O) groups excluding carboxylic acids is 1. The minimum Gasteiger partial charge on any atom is -0.397 e. The number of halogens is 1. The Morgan fingerprint density at radius 1 is 1.33 bits per heavy atom. The quantitative estimate of drug-likeness (QED) is 0.787. The van der Waals surface area contributed by atoms with Gasteiger partial charge in [0.15, 0.2) is 9.84 Å². The van der Waals surface area contributed by atoms with Gasteiger partial charge in [-0.15, -0.1) is 0 Å². The number of carbonyl (C=O) groups is 1. The maximum atomic E-state index is 12.9. The molecule has 21 heavy (non-hydrogen) atoms. The fraction of sp³-hybridized carbons (Fsp3) is 0.500. The highest BCUT2D eigenvalue weighted by molar-refractivity contribution is 7.92. The molecule has 1 amide bonds. The molecule has 0 aromatic heterocycles. The summed E-state index contributed by atoms with van der Waals surface area (Å²) in [4.78, 5) is 11.8. The lowest BCUT2D eigenvalue weighted by atomic mass is 10.2. The lowest BCUT2D eigenvalue weighted by Gasteiger charge is -2.16. The first-order valence-electron chi connectivity index (χ1n) is 6.70. The molecule has 0 saturated heterocycles. The zero-order valence-corrected chi connectivity index (χ0v) is 13.2. The van der Waals surface area contributed by atoms with Crippen molar-refractivity contribution in [1.29, 1.82) is 0 Å². The molecule has 1 rings (SSSR count). The Morgan fingerprint density at radius 3 is 2.48 bits per heavy atom. The lowest BCUT2D eigenvalue weighted by molar-refractivity contribution is -0.115. The molecule has 0 fully saturated rings. The number of amides is 1. The Morgan fingerprint density at radius 2 is 1.95 bits per heavy atom. The standard InChI is InChI=1S/C14H21FN2O3S/c1-9(2)10(3)21(19,20)7-6-14(18)17-13-5-4-11(15)8-12(13)16/h4-5,8-10H,6-7,16H2,1-3H3,(H,17,18). The van der Waals surface area contributed by atoms with Gasteiger partial charge in [-0.1, -0.05) is 13.8 Å². The molecule has 0 aliphatic rings. The van der Waals surface area contributed by atoms with Crippen LogP contribution in [0.5, 0.6) is 0 Å². The molecule has 1 atom stereocenters. The van der Waals surface area contributed by atoms with Gasteiger partial charge in [0.05, 0.1) is 22.4 Å². The fourth-order valence-electron chi connectivity index (χ4n) is 1.70. The van der Waals surface area contributed by atoms with Crippen LogP contribution in [-0.4, -0.2) is 25.3 Å². The van der Waals surface area contributed by atoms with Crippen molar-refractivity contribution >= 4 is 27.1 Å². The van der Waals surface area contributed by atoms with Crippen molar-refractivity contribution in [3.8, 4) is 0 Å². The summed E-state index contributed by atoms with van der Waals surface area (Å²) in [6.45, 7) is 5.28. The summed E-state index contributed by atoms with van der Waals surface area (Å²) in [7, 11) is -3.32. The molecular weight excluding hydrogens is 295 g/mol. The van der Waals surface area contributed by atoms with E-state index in [1.807, 2.05) is 13.8 Å². The van der Waals surface area contributed by atoms with E-state index in [-0.39, 0.29) is 29.5 Å². The van der Waals surface area contributed by atoms with Crippen LogP contribution in [0, 0.1) is 11.7 Å². The SMILES string of the molecule is CC(C)C(C)S(=O)(=O)CCC(=O)Nc1ccc(F)cc1N. The average Bonchev–Trinajstić information content (AvgIpc) is 2.39. The third-order valence-corrected chi connectivity index (χ3v) is 5.86. The molecule has 1 unspecified atom stereocenters. The largest absolute Gasteiger partial charge is 0.397 e. The van der Waals surface area contributed by atoms with Gasteiger partial charge in [0.25, 0.3) is 0 Å². The first-order chi connectivity index (χ1) is 9.63. The van der Waals surface area contributed by atoms with Gasteiger partial charge in [-0.25, -0.2) is 12.8 Å². The second kappa shape index (κ2) is 6.89. The second-order valence-corrected chi connectivity index (χ2v) is 7.82. The Hall–Kier alpha value is -1.63. The van der Waals surface area contributed by atoms with Gasteiger partial charge in [-0.05, 0) is 31.0 Å². The Bertz CT molecular complexity index is 615. The molecule has 118 valence electrons. The van der Waals surface area contributed by atoms with Crippen molar-refractivity contribution in [1.82, 2.24) is 0 Å². The van der Waals surface area contributed by atoms with Crippen molar-refractivity contribution < 1.29 is 17.6 Å². The van der Waals surface area contributed by atoms with Crippen molar-refractivity contribution in [3.05, 3.63) is 24.0 Å². The molecule has 0 aliphatic carbocycles. The van der Waals surface area contributed by atoms with E-state index in [9.17, 15) is 17.6 Å². The summed E-state index contributed by atoms with van der Waals surface area (Å²) in [6, 6.07) is 3.60. The van der Waals surface area contributed by atoms with Crippen molar-refractivity contribution in [2.45, 2.75) is 32.4 Å². The molecule has 7 heteroatoms. The molecule has 0 heterocycles. The molecule has 0 aliphatic heterocycles. The number of nitrogens with one attached hydrogen (secondary N) is 1. The summed E-state index contributed by atoms with van der Waals surface area (Å²) < 4.78 is 36.9. The third kappa shape index (κ3) is 5.00. The maximum Gasteiger partial charge on any atom is 0.225 e. The van der Waals surface area contributed by atoms with E-state index < -0.39 is 26.8 Å². The van der Waals surface area contributed by atoms with Crippen LogP contribution < -0.4 is 11.1 Å². The summed E-state index contributed by atoms with van der Waals surface area (Å²) >= 11 is 0. The predicted molar refractivity (Wildman–Crippen MR) is 82.1 cm³/mol. The van der Waals surface area contributed by atoms with Crippen molar-refractivity contribution in [3.63, 3.8) is 0 Å². The van der Waals surface area contributed by atoms with Crippen LogP contribution in [-0.2, 0) is 14.6 Å². The summed E-state index contributed by atoms with van der Waals surface area (Å²) in [5, 5.41) is 1.98. The zero-order valence-electron chi connectivity index (χ0n) is 12.4.